The minimum atomic E-state index is -0.973. The summed E-state index contributed by atoms with van der Waals surface area (Å²) in [7, 11) is 0. The molecule has 0 saturated carbocycles. The number of urea groups is 1. The van der Waals surface area contributed by atoms with Gasteiger partial charge in [0.25, 0.3) is 5.91 Å². The quantitative estimate of drug-likeness (QED) is 0.660. The van der Waals surface area contributed by atoms with Crippen LogP contribution in [-0.4, -0.2) is 64.8 Å². The van der Waals surface area contributed by atoms with Crippen LogP contribution in [0.2, 0.25) is 0 Å². The van der Waals surface area contributed by atoms with Crippen molar-refractivity contribution in [3.05, 3.63) is 60.2 Å². The summed E-state index contributed by atoms with van der Waals surface area (Å²) in [6.07, 6.45) is 0.370. The van der Waals surface area contributed by atoms with Crippen LogP contribution in [-0.2, 0) is 20.8 Å². The van der Waals surface area contributed by atoms with Gasteiger partial charge in [0.05, 0.1) is 0 Å². The maximum absolute atomic E-state index is 13.0. The lowest BCUT2D eigenvalue weighted by atomic mass is 9.98. The van der Waals surface area contributed by atoms with Crippen LogP contribution in [0.3, 0.4) is 0 Å². The molecule has 2 N–H and O–H groups in total. The molecule has 2 fully saturated rings. The number of hydrogen-bond acceptors (Lipinski definition) is 4. The van der Waals surface area contributed by atoms with Crippen LogP contribution in [0.1, 0.15) is 25.8 Å². The molecular weight excluding hydrogens is 420 g/mol. The van der Waals surface area contributed by atoms with Crippen molar-refractivity contribution in [1.82, 2.24) is 20.4 Å². The van der Waals surface area contributed by atoms with E-state index in [1.54, 1.807) is 18.7 Å². The van der Waals surface area contributed by atoms with Crippen LogP contribution in [0.4, 0.5) is 4.79 Å². The van der Waals surface area contributed by atoms with Crippen LogP contribution in [0.25, 0.3) is 11.1 Å². The summed E-state index contributed by atoms with van der Waals surface area (Å²) in [5, 5.41) is 5.44. The Kier molecular flexibility index (Phi) is 6.18. The van der Waals surface area contributed by atoms with Gasteiger partial charge in [0.2, 0.25) is 11.8 Å². The van der Waals surface area contributed by atoms with Crippen LogP contribution < -0.4 is 10.6 Å². The standard InChI is InChI=1S/C25H28N4O4/c1-25(2)23(32)29(24(33)27-25)14-12-21(30)28-15-13-26-22(31)20(28)16-17-8-10-19(11-9-17)18-6-4-3-5-7-18/h3-11,20H,12-16H2,1-2H3,(H,26,31)(H,27,33)/t20-/m1/s1. The first-order valence-electron chi connectivity index (χ1n) is 11.1. The Morgan fingerprint density at radius 1 is 1.00 bits per heavy atom. The summed E-state index contributed by atoms with van der Waals surface area (Å²) in [6.45, 7) is 4.02. The summed E-state index contributed by atoms with van der Waals surface area (Å²) in [5.41, 5.74) is 2.17. The van der Waals surface area contributed by atoms with E-state index in [0.717, 1.165) is 21.6 Å². The Morgan fingerprint density at radius 2 is 1.67 bits per heavy atom. The third kappa shape index (κ3) is 4.74. The number of benzene rings is 2. The van der Waals surface area contributed by atoms with Crippen molar-refractivity contribution in [3.8, 4) is 11.1 Å². The van der Waals surface area contributed by atoms with Gasteiger partial charge < -0.3 is 15.5 Å². The first-order chi connectivity index (χ1) is 15.8. The Morgan fingerprint density at radius 3 is 2.30 bits per heavy atom. The molecule has 172 valence electrons. The molecule has 8 nitrogen and oxygen atoms in total. The molecule has 1 atom stereocenters. The minimum Gasteiger partial charge on any atom is -0.353 e. The van der Waals surface area contributed by atoms with Crippen molar-refractivity contribution in [2.75, 3.05) is 19.6 Å². The van der Waals surface area contributed by atoms with E-state index in [0.29, 0.717) is 19.5 Å². The highest BCUT2D eigenvalue weighted by molar-refractivity contribution is 6.06. The zero-order chi connectivity index (χ0) is 23.6. The van der Waals surface area contributed by atoms with Crippen molar-refractivity contribution in [2.24, 2.45) is 0 Å². The summed E-state index contributed by atoms with van der Waals surface area (Å²) in [5.74, 6) is -0.800. The summed E-state index contributed by atoms with van der Waals surface area (Å²) < 4.78 is 0. The average Bonchev–Trinajstić information content (AvgIpc) is 3.00. The van der Waals surface area contributed by atoms with Gasteiger partial charge in [-0.3, -0.25) is 19.3 Å². The summed E-state index contributed by atoms with van der Waals surface area (Å²) in [6, 6.07) is 16.9. The fourth-order valence-corrected chi connectivity index (χ4v) is 4.28. The Bertz CT molecular complexity index is 1070. The van der Waals surface area contributed by atoms with Crippen molar-refractivity contribution >= 4 is 23.8 Å². The van der Waals surface area contributed by atoms with Crippen LogP contribution in [0.15, 0.2) is 54.6 Å². The van der Waals surface area contributed by atoms with Gasteiger partial charge in [-0.05, 0) is 30.5 Å². The molecule has 2 aromatic rings. The van der Waals surface area contributed by atoms with Gasteiger partial charge in [-0.25, -0.2) is 4.79 Å². The molecule has 8 heteroatoms. The number of rotatable bonds is 6. The van der Waals surface area contributed by atoms with Gasteiger partial charge in [-0.1, -0.05) is 54.6 Å². The number of amides is 5. The van der Waals surface area contributed by atoms with E-state index in [9.17, 15) is 19.2 Å². The van der Waals surface area contributed by atoms with Gasteiger partial charge in [-0.15, -0.1) is 0 Å². The zero-order valence-corrected chi connectivity index (χ0v) is 18.8. The highest BCUT2D eigenvalue weighted by Gasteiger charge is 2.44. The highest BCUT2D eigenvalue weighted by atomic mass is 16.2. The summed E-state index contributed by atoms with van der Waals surface area (Å²) in [4.78, 5) is 52.7. The van der Waals surface area contributed by atoms with E-state index < -0.39 is 17.6 Å². The second-order valence-electron chi connectivity index (χ2n) is 8.92. The molecular formula is C25H28N4O4. The molecule has 2 aliphatic rings. The SMILES string of the molecule is CC1(C)NC(=O)N(CCC(=O)N2CCNC(=O)[C@H]2Cc2ccc(-c3ccccc3)cc2)C1=O. The normalized spacial score (nSPS) is 19.9. The maximum atomic E-state index is 13.0. The number of piperazine rings is 1. The van der Waals surface area contributed by atoms with E-state index >= 15 is 0 Å². The van der Waals surface area contributed by atoms with Gasteiger partial charge in [0.1, 0.15) is 11.6 Å². The Labute approximate surface area is 192 Å². The van der Waals surface area contributed by atoms with Crippen LogP contribution >= 0.6 is 0 Å². The fourth-order valence-electron chi connectivity index (χ4n) is 4.28. The molecule has 0 aromatic heterocycles. The Balaban J connectivity index is 1.42. The highest BCUT2D eigenvalue weighted by Crippen LogP contribution is 2.22. The van der Waals surface area contributed by atoms with Crippen molar-refractivity contribution in [2.45, 2.75) is 38.3 Å². The lowest BCUT2D eigenvalue weighted by molar-refractivity contribution is -0.143. The third-order valence-electron chi connectivity index (χ3n) is 6.13. The van der Waals surface area contributed by atoms with E-state index in [1.165, 1.54) is 0 Å². The number of carbonyl (C=O) groups is 4. The first kappa shape index (κ1) is 22.5. The molecule has 2 aliphatic heterocycles. The minimum absolute atomic E-state index is 0.0104. The molecule has 0 radical (unpaired) electrons. The lowest BCUT2D eigenvalue weighted by Crippen LogP contribution is -2.58. The molecule has 2 heterocycles. The molecule has 4 rings (SSSR count). The van der Waals surface area contributed by atoms with Crippen molar-refractivity contribution in [1.29, 1.82) is 0 Å². The lowest BCUT2D eigenvalue weighted by Gasteiger charge is -2.35. The van der Waals surface area contributed by atoms with Crippen LogP contribution in [0.5, 0.6) is 0 Å². The number of nitrogens with zero attached hydrogens (tertiary/aromatic N) is 2. The molecule has 0 bridgehead atoms. The molecule has 0 unspecified atom stereocenters. The predicted molar refractivity (Wildman–Crippen MR) is 123 cm³/mol. The average molecular weight is 449 g/mol. The number of nitrogens with one attached hydrogen (secondary N) is 2. The monoisotopic (exact) mass is 448 g/mol. The van der Waals surface area contributed by atoms with E-state index in [2.05, 4.69) is 10.6 Å². The second-order valence-corrected chi connectivity index (χ2v) is 8.92. The maximum Gasteiger partial charge on any atom is 0.325 e. The van der Waals surface area contributed by atoms with Gasteiger partial charge in [0.15, 0.2) is 0 Å². The fraction of sp³-hybridized carbons (Fsp3) is 0.360. The van der Waals surface area contributed by atoms with Gasteiger partial charge >= 0.3 is 6.03 Å². The molecule has 5 amide bonds. The second kappa shape index (κ2) is 9.05. The smallest absolute Gasteiger partial charge is 0.325 e. The van der Waals surface area contributed by atoms with Crippen molar-refractivity contribution in [3.63, 3.8) is 0 Å². The summed E-state index contributed by atoms with van der Waals surface area (Å²) >= 11 is 0. The number of imide groups is 1. The topological polar surface area (TPSA) is 98.8 Å². The van der Waals surface area contributed by atoms with Gasteiger partial charge in [0, 0.05) is 32.5 Å². The number of hydrogen-bond donors (Lipinski definition) is 2. The van der Waals surface area contributed by atoms with E-state index in [1.807, 2.05) is 54.6 Å². The van der Waals surface area contributed by atoms with E-state index in [4.69, 9.17) is 0 Å². The molecule has 0 aliphatic carbocycles. The number of carbonyl (C=O) groups excluding carboxylic acids is 4. The zero-order valence-electron chi connectivity index (χ0n) is 18.8. The van der Waals surface area contributed by atoms with Crippen molar-refractivity contribution < 1.29 is 19.2 Å². The third-order valence-corrected chi connectivity index (χ3v) is 6.13. The molecule has 2 aromatic carbocycles. The molecule has 2 saturated heterocycles. The Hall–Kier alpha value is -3.68. The largest absolute Gasteiger partial charge is 0.353 e. The van der Waals surface area contributed by atoms with Gasteiger partial charge in [-0.2, -0.15) is 0 Å². The first-order valence-corrected chi connectivity index (χ1v) is 11.1. The molecule has 33 heavy (non-hydrogen) atoms. The van der Waals surface area contributed by atoms with Crippen LogP contribution in [0, 0.1) is 0 Å². The van der Waals surface area contributed by atoms with E-state index in [-0.39, 0.29) is 30.7 Å². The molecule has 0 spiro atoms. The predicted octanol–water partition coefficient (Wildman–Crippen LogP) is 1.94.